The summed E-state index contributed by atoms with van der Waals surface area (Å²) in [6, 6.07) is 11.7. The second-order valence-corrected chi connectivity index (χ2v) is 4.86. The third-order valence-corrected chi connectivity index (χ3v) is 3.41. The van der Waals surface area contributed by atoms with Crippen molar-refractivity contribution in [2.24, 2.45) is 0 Å². The summed E-state index contributed by atoms with van der Waals surface area (Å²) >= 11 is 0. The van der Waals surface area contributed by atoms with Crippen molar-refractivity contribution in [3.05, 3.63) is 65.0 Å². The van der Waals surface area contributed by atoms with Crippen LogP contribution >= 0.6 is 0 Å². The lowest BCUT2D eigenvalue weighted by Crippen LogP contribution is -2.17. The van der Waals surface area contributed by atoms with E-state index >= 15 is 0 Å². The van der Waals surface area contributed by atoms with E-state index in [0.29, 0.717) is 24.5 Å². The van der Waals surface area contributed by atoms with Crippen LogP contribution in [0.25, 0.3) is 0 Å². The van der Waals surface area contributed by atoms with Gasteiger partial charge < -0.3 is 9.64 Å². The number of carbonyl (C=O) groups excluding carboxylic acids is 1. The fourth-order valence-corrected chi connectivity index (χ4v) is 2.32. The van der Waals surface area contributed by atoms with Crippen LogP contribution in [-0.2, 0) is 13.2 Å². The summed E-state index contributed by atoms with van der Waals surface area (Å²) in [4.78, 5) is 13.6. The molecule has 2 aromatic carbocycles. The first-order valence-electron chi connectivity index (χ1n) is 6.40. The average Bonchev–Trinajstić information content (AvgIpc) is 2.75. The number of rotatable bonds is 3. The molecule has 1 heterocycles. The summed E-state index contributed by atoms with van der Waals surface area (Å²) in [5, 5.41) is 0. The Morgan fingerprint density at radius 2 is 1.95 bits per heavy atom. The quantitative estimate of drug-likeness (QED) is 0.859. The topological polar surface area (TPSA) is 29.5 Å². The van der Waals surface area contributed by atoms with Crippen LogP contribution in [0.3, 0.4) is 0 Å². The lowest BCUT2D eigenvalue weighted by Gasteiger charge is -2.10. The van der Waals surface area contributed by atoms with Gasteiger partial charge in [-0.3, -0.25) is 4.79 Å². The van der Waals surface area contributed by atoms with Crippen molar-refractivity contribution in [3.63, 3.8) is 0 Å². The van der Waals surface area contributed by atoms with Crippen LogP contribution in [0.2, 0.25) is 0 Å². The van der Waals surface area contributed by atoms with Crippen LogP contribution < -0.4 is 4.74 Å². The molecule has 1 amide bonds. The van der Waals surface area contributed by atoms with Crippen LogP contribution in [0, 0.1) is 5.82 Å². The first kappa shape index (κ1) is 12.7. The smallest absolute Gasteiger partial charge is 0.254 e. The zero-order valence-electron chi connectivity index (χ0n) is 11.1. The van der Waals surface area contributed by atoms with Crippen molar-refractivity contribution in [1.29, 1.82) is 0 Å². The molecule has 0 unspecified atom stereocenters. The van der Waals surface area contributed by atoms with Crippen molar-refractivity contribution >= 4 is 5.91 Å². The van der Waals surface area contributed by atoms with Crippen molar-refractivity contribution in [2.75, 3.05) is 7.05 Å². The fraction of sp³-hybridized carbons (Fsp3) is 0.188. The normalized spacial score (nSPS) is 13.5. The first-order valence-corrected chi connectivity index (χ1v) is 6.40. The standard InChI is InChI=1S/C16H14FNO2/c1-18-9-14-13(16(18)19)3-2-4-15(14)20-10-11-5-7-12(17)8-6-11/h2-8H,9-10H2,1H3. The van der Waals surface area contributed by atoms with E-state index in [1.54, 1.807) is 24.1 Å². The molecule has 4 heteroatoms. The Balaban J connectivity index is 1.79. The van der Waals surface area contributed by atoms with Gasteiger partial charge in [0.25, 0.3) is 5.91 Å². The van der Waals surface area contributed by atoms with E-state index in [2.05, 4.69) is 0 Å². The summed E-state index contributed by atoms with van der Waals surface area (Å²) in [5.74, 6) is 0.471. The highest BCUT2D eigenvalue weighted by molar-refractivity contribution is 5.98. The van der Waals surface area contributed by atoms with Crippen LogP contribution in [0.1, 0.15) is 21.5 Å². The number of amides is 1. The molecule has 0 aliphatic carbocycles. The molecule has 2 aromatic rings. The van der Waals surface area contributed by atoms with Crippen molar-refractivity contribution in [3.8, 4) is 5.75 Å². The van der Waals surface area contributed by atoms with Crippen molar-refractivity contribution in [1.82, 2.24) is 4.90 Å². The van der Waals surface area contributed by atoms with Crippen molar-refractivity contribution < 1.29 is 13.9 Å². The Kier molecular flexibility index (Phi) is 3.14. The van der Waals surface area contributed by atoms with E-state index in [1.807, 2.05) is 18.2 Å². The van der Waals surface area contributed by atoms with Crippen LogP contribution in [-0.4, -0.2) is 17.9 Å². The molecular weight excluding hydrogens is 257 g/mol. The van der Waals surface area contributed by atoms with E-state index in [0.717, 1.165) is 11.1 Å². The SMILES string of the molecule is CN1Cc2c(OCc3ccc(F)cc3)cccc2C1=O. The lowest BCUT2D eigenvalue weighted by atomic mass is 10.1. The molecule has 0 bridgehead atoms. The second kappa shape index (κ2) is 4.96. The molecule has 0 aromatic heterocycles. The monoisotopic (exact) mass is 271 g/mol. The Morgan fingerprint density at radius 1 is 1.20 bits per heavy atom. The Hall–Kier alpha value is -2.36. The predicted molar refractivity (Wildman–Crippen MR) is 73.0 cm³/mol. The highest BCUT2D eigenvalue weighted by atomic mass is 19.1. The maximum atomic E-state index is 12.8. The number of halogens is 1. The molecule has 0 radical (unpaired) electrons. The largest absolute Gasteiger partial charge is 0.489 e. The lowest BCUT2D eigenvalue weighted by molar-refractivity contribution is 0.0816. The third kappa shape index (κ3) is 2.25. The maximum Gasteiger partial charge on any atom is 0.254 e. The molecule has 3 nitrogen and oxygen atoms in total. The zero-order chi connectivity index (χ0) is 14.1. The van der Waals surface area contributed by atoms with Gasteiger partial charge in [0.15, 0.2) is 0 Å². The van der Waals surface area contributed by atoms with Gasteiger partial charge in [-0.2, -0.15) is 0 Å². The highest BCUT2D eigenvalue weighted by Gasteiger charge is 2.26. The first-order chi connectivity index (χ1) is 9.65. The molecular formula is C16H14FNO2. The van der Waals surface area contributed by atoms with Gasteiger partial charge in [0.05, 0.1) is 6.54 Å². The number of nitrogens with zero attached hydrogens (tertiary/aromatic N) is 1. The van der Waals surface area contributed by atoms with Gasteiger partial charge in [-0.1, -0.05) is 18.2 Å². The van der Waals surface area contributed by atoms with E-state index in [4.69, 9.17) is 4.74 Å². The molecule has 0 N–H and O–H groups in total. The van der Waals surface area contributed by atoms with Crippen molar-refractivity contribution in [2.45, 2.75) is 13.2 Å². The second-order valence-electron chi connectivity index (χ2n) is 4.86. The van der Waals surface area contributed by atoms with Crippen LogP contribution in [0.15, 0.2) is 42.5 Å². The fourth-order valence-electron chi connectivity index (χ4n) is 2.32. The molecule has 102 valence electrons. The molecule has 20 heavy (non-hydrogen) atoms. The minimum absolute atomic E-state index is 0.0206. The number of fused-ring (bicyclic) bond motifs is 1. The molecule has 0 fully saturated rings. The zero-order valence-corrected chi connectivity index (χ0v) is 11.1. The Labute approximate surface area is 116 Å². The molecule has 0 saturated heterocycles. The van der Waals surface area contributed by atoms with E-state index in [-0.39, 0.29) is 11.7 Å². The van der Waals surface area contributed by atoms with E-state index < -0.39 is 0 Å². The molecule has 1 aliphatic rings. The summed E-state index contributed by atoms with van der Waals surface area (Å²) in [6.07, 6.45) is 0. The summed E-state index contributed by atoms with van der Waals surface area (Å²) in [7, 11) is 1.77. The summed E-state index contributed by atoms with van der Waals surface area (Å²) < 4.78 is 18.6. The Morgan fingerprint density at radius 3 is 2.70 bits per heavy atom. The number of ether oxygens (including phenoxy) is 1. The van der Waals surface area contributed by atoms with E-state index in [9.17, 15) is 9.18 Å². The van der Waals surface area contributed by atoms with Gasteiger partial charge >= 0.3 is 0 Å². The molecule has 3 rings (SSSR count). The van der Waals surface area contributed by atoms with Gasteiger partial charge in [0, 0.05) is 18.2 Å². The van der Waals surface area contributed by atoms with Crippen LogP contribution in [0.5, 0.6) is 5.75 Å². The van der Waals surface area contributed by atoms with Gasteiger partial charge in [-0.05, 0) is 29.8 Å². The average molecular weight is 271 g/mol. The molecule has 1 aliphatic heterocycles. The predicted octanol–water partition coefficient (Wildman–Crippen LogP) is 2.99. The highest BCUT2D eigenvalue weighted by Crippen LogP contribution is 2.30. The minimum Gasteiger partial charge on any atom is -0.489 e. The minimum atomic E-state index is -0.262. The molecule has 0 atom stereocenters. The third-order valence-electron chi connectivity index (χ3n) is 3.41. The number of hydrogen-bond acceptors (Lipinski definition) is 2. The Bertz CT molecular complexity index is 652. The van der Waals surface area contributed by atoms with Gasteiger partial charge in [-0.15, -0.1) is 0 Å². The molecule has 0 spiro atoms. The molecule has 0 saturated carbocycles. The van der Waals surface area contributed by atoms with Crippen LogP contribution in [0.4, 0.5) is 4.39 Å². The maximum absolute atomic E-state index is 12.8. The number of carbonyl (C=O) groups is 1. The van der Waals surface area contributed by atoms with Gasteiger partial charge in [0.1, 0.15) is 18.2 Å². The van der Waals surface area contributed by atoms with E-state index in [1.165, 1.54) is 12.1 Å². The van der Waals surface area contributed by atoms with Gasteiger partial charge in [-0.25, -0.2) is 4.39 Å². The number of benzene rings is 2. The number of hydrogen-bond donors (Lipinski definition) is 0. The summed E-state index contributed by atoms with van der Waals surface area (Å²) in [5.41, 5.74) is 2.51. The van der Waals surface area contributed by atoms with Gasteiger partial charge in [0.2, 0.25) is 0 Å². The summed E-state index contributed by atoms with van der Waals surface area (Å²) in [6.45, 7) is 0.919.